The Morgan fingerprint density at radius 2 is 1.50 bits per heavy atom. The molecule has 4 aromatic rings. The van der Waals surface area contributed by atoms with Crippen LogP contribution in [0.15, 0.2) is 46.9 Å². The summed E-state index contributed by atoms with van der Waals surface area (Å²) in [6, 6.07) is 12.4. The molecule has 0 aliphatic rings. The summed E-state index contributed by atoms with van der Waals surface area (Å²) >= 11 is 18.3. The molecule has 8 heteroatoms. The van der Waals surface area contributed by atoms with Crippen molar-refractivity contribution in [2.24, 2.45) is 0 Å². The maximum atomic E-state index is 6.20. The van der Waals surface area contributed by atoms with Crippen LogP contribution in [0.5, 0.6) is 0 Å². The van der Waals surface area contributed by atoms with Crippen molar-refractivity contribution in [2.75, 3.05) is 0 Å². The van der Waals surface area contributed by atoms with E-state index in [0.29, 0.717) is 32.3 Å². The number of halogens is 3. The zero-order chi connectivity index (χ0) is 16.7. The highest BCUT2D eigenvalue weighted by molar-refractivity contribution is 6.36. The van der Waals surface area contributed by atoms with Crippen molar-refractivity contribution in [1.29, 1.82) is 0 Å². The normalized spacial score (nSPS) is 11.1. The van der Waals surface area contributed by atoms with Gasteiger partial charge in [0.15, 0.2) is 10.8 Å². The van der Waals surface area contributed by atoms with Crippen molar-refractivity contribution in [3.05, 3.63) is 57.7 Å². The second-order valence-corrected chi connectivity index (χ2v) is 6.09. The van der Waals surface area contributed by atoms with Gasteiger partial charge in [0.2, 0.25) is 5.89 Å². The number of hydrogen-bond acceptors (Lipinski definition) is 5. The van der Waals surface area contributed by atoms with Gasteiger partial charge in [-0.15, -0.1) is 10.2 Å². The molecular formula is C16H7Cl3N4O. The summed E-state index contributed by atoms with van der Waals surface area (Å²) in [6.45, 7) is 0. The molecule has 118 valence electrons. The molecule has 0 unspecified atom stereocenters. The van der Waals surface area contributed by atoms with Crippen molar-refractivity contribution in [1.82, 2.24) is 20.2 Å². The maximum Gasteiger partial charge on any atom is 0.269 e. The molecule has 2 heterocycles. The molecule has 0 bridgehead atoms. The molecule has 0 saturated carbocycles. The Labute approximate surface area is 151 Å². The number of hydrogen-bond donors (Lipinski definition) is 0. The predicted octanol–water partition coefficient (Wildman–Crippen LogP) is 5.31. The Morgan fingerprint density at radius 1 is 0.792 bits per heavy atom. The molecule has 0 atom stereocenters. The number of rotatable bonds is 2. The number of fused-ring (bicyclic) bond motifs is 1. The van der Waals surface area contributed by atoms with Gasteiger partial charge in [-0.2, -0.15) is 0 Å². The van der Waals surface area contributed by atoms with Gasteiger partial charge in [-0.1, -0.05) is 46.9 Å². The van der Waals surface area contributed by atoms with Crippen molar-refractivity contribution in [2.45, 2.75) is 0 Å². The van der Waals surface area contributed by atoms with Crippen molar-refractivity contribution in [3.8, 4) is 23.0 Å². The average Bonchev–Trinajstić information content (AvgIpc) is 3.03. The molecular weight excluding hydrogens is 371 g/mol. The molecule has 24 heavy (non-hydrogen) atoms. The van der Waals surface area contributed by atoms with Gasteiger partial charge in [0, 0.05) is 5.02 Å². The lowest BCUT2D eigenvalue weighted by Crippen LogP contribution is -1.91. The lowest BCUT2D eigenvalue weighted by Gasteiger charge is -2.01. The van der Waals surface area contributed by atoms with Crippen LogP contribution in [0.2, 0.25) is 15.2 Å². The van der Waals surface area contributed by atoms with Gasteiger partial charge in [-0.3, -0.25) is 0 Å². The Morgan fingerprint density at radius 3 is 2.25 bits per heavy atom. The molecule has 4 rings (SSSR count). The molecule has 0 N–H and O–H groups in total. The largest absolute Gasteiger partial charge is 0.414 e. The van der Waals surface area contributed by atoms with Gasteiger partial charge in [-0.05, 0) is 30.3 Å². The first-order valence-electron chi connectivity index (χ1n) is 6.83. The zero-order valence-electron chi connectivity index (χ0n) is 11.9. The summed E-state index contributed by atoms with van der Waals surface area (Å²) in [5.74, 6) is 0.414. The maximum absolute atomic E-state index is 6.20. The molecule has 0 aliphatic heterocycles. The third-order valence-corrected chi connectivity index (χ3v) is 4.13. The molecule has 0 amide bonds. The highest BCUT2D eigenvalue weighted by Crippen LogP contribution is 2.32. The summed E-state index contributed by atoms with van der Waals surface area (Å²) in [7, 11) is 0. The van der Waals surface area contributed by atoms with E-state index in [-0.39, 0.29) is 16.9 Å². The average molecular weight is 378 g/mol. The lowest BCUT2D eigenvalue weighted by atomic mass is 10.2. The van der Waals surface area contributed by atoms with Crippen LogP contribution in [-0.4, -0.2) is 20.2 Å². The minimum Gasteiger partial charge on any atom is -0.414 e. The van der Waals surface area contributed by atoms with E-state index in [0.717, 1.165) is 0 Å². The van der Waals surface area contributed by atoms with E-state index in [1.807, 2.05) is 24.3 Å². The van der Waals surface area contributed by atoms with Crippen molar-refractivity contribution >= 4 is 45.8 Å². The standard InChI is InChI=1S/C16H7Cl3N4O/c17-8-5-6-9(10(18)7-8)15-22-23-16(24-15)13-14(19)21-12-4-2-1-3-11(12)20-13/h1-7H. The van der Waals surface area contributed by atoms with E-state index in [2.05, 4.69) is 20.2 Å². The molecule has 5 nitrogen and oxygen atoms in total. The molecule has 2 aromatic carbocycles. The van der Waals surface area contributed by atoms with Gasteiger partial charge in [0.05, 0.1) is 21.6 Å². The Hall–Kier alpha value is -2.21. The highest BCUT2D eigenvalue weighted by atomic mass is 35.5. The van der Waals surface area contributed by atoms with E-state index in [1.165, 1.54) is 0 Å². The summed E-state index contributed by atoms with van der Waals surface area (Å²) in [5.41, 5.74) is 2.26. The molecule has 0 radical (unpaired) electrons. The molecule has 0 aliphatic carbocycles. The van der Waals surface area contributed by atoms with Crippen LogP contribution in [-0.2, 0) is 0 Å². The Balaban J connectivity index is 1.81. The zero-order valence-corrected chi connectivity index (χ0v) is 14.1. The minimum atomic E-state index is 0.166. The second-order valence-electron chi connectivity index (χ2n) is 4.89. The van der Waals surface area contributed by atoms with E-state index in [4.69, 9.17) is 39.2 Å². The smallest absolute Gasteiger partial charge is 0.269 e. The quantitative estimate of drug-likeness (QED) is 0.474. The van der Waals surface area contributed by atoms with Gasteiger partial charge >= 0.3 is 0 Å². The van der Waals surface area contributed by atoms with Gasteiger partial charge < -0.3 is 4.42 Å². The van der Waals surface area contributed by atoms with Crippen LogP contribution >= 0.6 is 34.8 Å². The second kappa shape index (κ2) is 6.02. The molecule has 0 saturated heterocycles. The molecule has 2 aromatic heterocycles. The first-order chi connectivity index (χ1) is 11.6. The van der Waals surface area contributed by atoms with Crippen LogP contribution < -0.4 is 0 Å². The third kappa shape index (κ3) is 2.71. The number of benzene rings is 2. The first kappa shape index (κ1) is 15.3. The fraction of sp³-hybridized carbons (Fsp3) is 0. The van der Waals surface area contributed by atoms with Crippen LogP contribution in [0, 0.1) is 0 Å². The van der Waals surface area contributed by atoms with E-state index in [9.17, 15) is 0 Å². The topological polar surface area (TPSA) is 64.7 Å². The highest BCUT2D eigenvalue weighted by Gasteiger charge is 2.18. The lowest BCUT2D eigenvalue weighted by molar-refractivity contribution is 0.582. The Kier molecular flexibility index (Phi) is 3.84. The van der Waals surface area contributed by atoms with E-state index in [1.54, 1.807) is 18.2 Å². The molecule has 0 spiro atoms. The fourth-order valence-corrected chi connectivity index (χ4v) is 2.91. The first-order valence-corrected chi connectivity index (χ1v) is 7.97. The van der Waals surface area contributed by atoms with Crippen molar-refractivity contribution in [3.63, 3.8) is 0 Å². The van der Waals surface area contributed by atoms with Crippen LogP contribution in [0.25, 0.3) is 34.1 Å². The van der Waals surface area contributed by atoms with Gasteiger partial charge in [0.1, 0.15) is 0 Å². The number of aromatic nitrogens is 4. The third-order valence-electron chi connectivity index (χ3n) is 3.32. The monoisotopic (exact) mass is 376 g/mol. The Bertz CT molecular complexity index is 1060. The van der Waals surface area contributed by atoms with Crippen LogP contribution in [0.4, 0.5) is 0 Å². The van der Waals surface area contributed by atoms with Crippen LogP contribution in [0.1, 0.15) is 0 Å². The SMILES string of the molecule is Clc1ccc(-c2nnc(-c3nc4ccccc4nc3Cl)o2)c(Cl)c1. The van der Waals surface area contributed by atoms with Crippen molar-refractivity contribution < 1.29 is 4.42 Å². The van der Waals surface area contributed by atoms with Gasteiger partial charge in [0.25, 0.3) is 5.89 Å². The predicted molar refractivity (Wildman–Crippen MR) is 93.3 cm³/mol. The van der Waals surface area contributed by atoms with E-state index < -0.39 is 0 Å². The number of nitrogens with zero attached hydrogens (tertiary/aromatic N) is 4. The summed E-state index contributed by atoms with van der Waals surface area (Å²) < 4.78 is 5.67. The van der Waals surface area contributed by atoms with Crippen LogP contribution in [0.3, 0.4) is 0 Å². The van der Waals surface area contributed by atoms with E-state index >= 15 is 0 Å². The fourth-order valence-electron chi connectivity index (χ4n) is 2.21. The summed E-state index contributed by atoms with van der Waals surface area (Å²) in [5, 5.41) is 9.12. The van der Waals surface area contributed by atoms with Gasteiger partial charge in [-0.25, -0.2) is 9.97 Å². The minimum absolute atomic E-state index is 0.166. The number of para-hydroxylation sites is 2. The summed E-state index contributed by atoms with van der Waals surface area (Å²) in [4.78, 5) is 8.74. The summed E-state index contributed by atoms with van der Waals surface area (Å²) in [6.07, 6.45) is 0. The molecule has 0 fully saturated rings.